The summed E-state index contributed by atoms with van der Waals surface area (Å²) in [6, 6.07) is 13.5. The van der Waals surface area contributed by atoms with Gasteiger partial charge < -0.3 is 10.1 Å². The summed E-state index contributed by atoms with van der Waals surface area (Å²) in [5, 5.41) is 3.09. The monoisotopic (exact) mass is 295 g/mol. The first kappa shape index (κ1) is 15.8. The maximum Gasteiger partial charge on any atom is 0.187 e. The van der Waals surface area contributed by atoms with Crippen LogP contribution in [0.1, 0.15) is 28.4 Å². The van der Waals surface area contributed by atoms with Crippen molar-refractivity contribution in [1.29, 1.82) is 0 Å². The molecule has 0 saturated carbocycles. The minimum Gasteiger partial charge on any atom is -0.494 e. The Morgan fingerprint density at radius 2 is 1.86 bits per heavy atom. The highest BCUT2D eigenvalue weighted by atomic mass is 16.5. The van der Waals surface area contributed by atoms with Crippen LogP contribution in [0.2, 0.25) is 0 Å². The second-order valence-electron chi connectivity index (χ2n) is 5.12. The molecule has 0 unspecified atom stereocenters. The molecule has 0 amide bonds. The largest absolute Gasteiger partial charge is 0.494 e. The fourth-order valence-electron chi connectivity index (χ4n) is 2.12. The van der Waals surface area contributed by atoms with Crippen LogP contribution in [-0.4, -0.2) is 12.4 Å². The van der Waals surface area contributed by atoms with Crippen molar-refractivity contribution in [3.05, 3.63) is 71.4 Å². The number of hydrogen-bond donors (Lipinski definition) is 1. The molecule has 0 aliphatic rings. The van der Waals surface area contributed by atoms with Gasteiger partial charge in [0.1, 0.15) is 5.75 Å². The molecular formula is C19H21NO2. The third-order valence-electron chi connectivity index (χ3n) is 3.31. The van der Waals surface area contributed by atoms with Crippen LogP contribution in [0.25, 0.3) is 0 Å². The lowest BCUT2D eigenvalue weighted by atomic mass is 10.0. The van der Waals surface area contributed by atoms with E-state index in [-0.39, 0.29) is 5.78 Å². The lowest BCUT2D eigenvalue weighted by Crippen LogP contribution is -2.00. The highest BCUT2D eigenvalue weighted by Crippen LogP contribution is 2.16. The zero-order valence-electron chi connectivity index (χ0n) is 13.2. The highest BCUT2D eigenvalue weighted by molar-refractivity contribution is 6.05. The van der Waals surface area contributed by atoms with Crippen molar-refractivity contribution in [2.24, 2.45) is 0 Å². The maximum absolute atomic E-state index is 12.2. The van der Waals surface area contributed by atoms with Gasteiger partial charge in [-0.1, -0.05) is 17.7 Å². The first-order chi connectivity index (χ1) is 10.6. The zero-order chi connectivity index (χ0) is 15.9. The molecule has 2 aromatic rings. The van der Waals surface area contributed by atoms with Crippen LogP contribution in [0.5, 0.6) is 5.75 Å². The number of carbonyl (C=O) groups is 1. The Bertz CT molecular complexity index is 672. The highest BCUT2D eigenvalue weighted by Gasteiger charge is 2.05. The van der Waals surface area contributed by atoms with Crippen molar-refractivity contribution >= 4 is 11.5 Å². The van der Waals surface area contributed by atoms with Crippen LogP contribution in [0.4, 0.5) is 5.69 Å². The van der Waals surface area contributed by atoms with Crippen molar-refractivity contribution in [3.8, 4) is 5.75 Å². The predicted octanol–water partition coefficient (Wildman–Crippen LogP) is 4.51. The second kappa shape index (κ2) is 7.46. The molecule has 0 bridgehead atoms. The van der Waals surface area contributed by atoms with Gasteiger partial charge in [-0.05, 0) is 56.7 Å². The van der Waals surface area contributed by atoms with Gasteiger partial charge in [0.15, 0.2) is 5.78 Å². The van der Waals surface area contributed by atoms with Crippen LogP contribution in [0.3, 0.4) is 0 Å². The first-order valence-corrected chi connectivity index (χ1v) is 7.37. The van der Waals surface area contributed by atoms with Crippen LogP contribution in [-0.2, 0) is 0 Å². The van der Waals surface area contributed by atoms with E-state index in [1.54, 1.807) is 12.3 Å². The summed E-state index contributed by atoms with van der Waals surface area (Å²) >= 11 is 0. The molecule has 114 valence electrons. The molecule has 0 aliphatic heterocycles. The standard InChI is InChI=1S/C19H21NO2/c1-4-22-17-9-7-16(8-10-17)20-12-11-19(21)18-13-14(2)5-6-15(18)3/h5-13,20H,4H2,1-3H3/b12-11+. The minimum absolute atomic E-state index is 0.000337. The van der Waals surface area contributed by atoms with Gasteiger partial charge >= 0.3 is 0 Å². The molecule has 0 atom stereocenters. The first-order valence-electron chi connectivity index (χ1n) is 7.37. The summed E-state index contributed by atoms with van der Waals surface area (Å²) in [6.07, 6.45) is 3.22. The predicted molar refractivity (Wildman–Crippen MR) is 90.6 cm³/mol. The molecule has 1 N–H and O–H groups in total. The number of carbonyl (C=O) groups excluding carboxylic acids is 1. The molecule has 3 heteroatoms. The summed E-state index contributed by atoms with van der Waals surface area (Å²) in [5.41, 5.74) is 3.72. The molecule has 0 aliphatic carbocycles. The number of rotatable bonds is 6. The van der Waals surface area contributed by atoms with Crippen molar-refractivity contribution in [3.63, 3.8) is 0 Å². The average molecular weight is 295 g/mol. The number of ether oxygens (including phenoxy) is 1. The van der Waals surface area contributed by atoms with Gasteiger partial charge in [-0.15, -0.1) is 0 Å². The molecule has 0 fully saturated rings. The number of allylic oxidation sites excluding steroid dienone is 1. The van der Waals surface area contributed by atoms with E-state index in [2.05, 4.69) is 5.32 Å². The molecule has 0 saturated heterocycles. The summed E-state index contributed by atoms with van der Waals surface area (Å²) in [6.45, 7) is 6.53. The van der Waals surface area contributed by atoms with Crippen molar-refractivity contribution in [2.45, 2.75) is 20.8 Å². The molecule has 22 heavy (non-hydrogen) atoms. The Hall–Kier alpha value is -2.55. The minimum atomic E-state index is -0.000337. The van der Waals surface area contributed by atoms with Crippen LogP contribution in [0, 0.1) is 13.8 Å². The number of aryl methyl sites for hydroxylation is 2. The molecule has 0 radical (unpaired) electrons. The number of nitrogens with one attached hydrogen (secondary N) is 1. The summed E-state index contributed by atoms with van der Waals surface area (Å²) < 4.78 is 5.39. The molecule has 2 rings (SSSR count). The molecule has 3 nitrogen and oxygen atoms in total. The molecule has 2 aromatic carbocycles. The quantitative estimate of drug-likeness (QED) is 0.629. The smallest absolute Gasteiger partial charge is 0.187 e. The van der Waals surface area contributed by atoms with Crippen molar-refractivity contribution in [1.82, 2.24) is 0 Å². The van der Waals surface area contributed by atoms with Crippen LogP contribution < -0.4 is 10.1 Å². The number of ketones is 1. The topological polar surface area (TPSA) is 38.3 Å². The Balaban J connectivity index is 1.99. The molecular weight excluding hydrogens is 274 g/mol. The number of benzene rings is 2. The maximum atomic E-state index is 12.2. The van der Waals surface area contributed by atoms with Gasteiger partial charge in [0.05, 0.1) is 6.61 Å². The van der Waals surface area contributed by atoms with E-state index in [9.17, 15) is 4.79 Å². The summed E-state index contributed by atoms with van der Waals surface area (Å²) in [4.78, 5) is 12.2. The number of hydrogen-bond acceptors (Lipinski definition) is 3. The van der Waals surface area contributed by atoms with E-state index in [1.165, 1.54) is 0 Å². The molecule has 0 heterocycles. The van der Waals surface area contributed by atoms with E-state index in [0.717, 1.165) is 28.1 Å². The fourth-order valence-corrected chi connectivity index (χ4v) is 2.12. The van der Waals surface area contributed by atoms with Gasteiger partial charge in [0.2, 0.25) is 0 Å². The van der Waals surface area contributed by atoms with E-state index < -0.39 is 0 Å². The van der Waals surface area contributed by atoms with Crippen LogP contribution >= 0.6 is 0 Å². The second-order valence-corrected chi connectivity index (χ2v) is 5.12. The van der Waals surface area contributed by atoms with Gasteiger partial charge in [-0.3, -0.25) is 4.79 Å². The Morgan fingerprint density at radius 1 is 1.14 bits per heavy atom. The normalized spacial score (nSPS) is 10.7. The van der Waals surface area contributed by atoms with Gasteiger partial charge in [0.25, 0.3) is 0 Å². The van der Waals surface area contributed by atoms with Gasteiger partial charge in [0, 0.05) is 23.5 Å². The van der Waals surface area contributed by atoms with E-state index >= 15 is 0 Å². The summed E-state index contributed by atoms with van der Waals surface area (Å²) in [5.74, 6) is 0.836. The van der Waals surface area contributed by atoms with E-state index in [0.29, 0.717) is 6.61 Å². The summed E-state index contributed by atoms with van der Waals surface area (Å²) in [7, 11) is 0. The van der Waals surface area contributed by atoms with E-state index in [1.807, 2.05) is 63.2 Å². The Morgan fingerprint density at radius 3 is 2.55 bits per heavy atom. The molecule has 0 spiro atoms. The van der Waals surface area contributed by atoms with Gasteiger partial charge in [-0.2, -0.15) is 0 Å². The third-order valence-corrected chi connectivity index (χ3v) is 3.31. The zero-order valence-corrected chi connectivity index (χ0v) is 13.2. The Labute approximate surface area is 131 Å². The van der Waals surface area contributed by atoms with Gasteiger partial charge in [-0.25, -0.2) is 0 Å². The van der Waals surface area contributed by atoms with E-state index in [4.69, 9.17) is 4.74 Å². The SMILES string of the molecule is CCOc1ccc(N/C=C/C(=O)c2cc(C)ccc2C)cc1. The number of anilines is 1. The van der Waals surface area contributed by atoms with Crippen LogP contribution in [0.15, 0.2) is 54.7 Å². The Kier molecular flexibility index (Phi) is 5.37. The third kappa shape index (κ3) is 4.22. The van der Waals surface area contributed by atoms with Crippen molar-refractivity contribution < 1.29 is 9.53 Å². The molecule has 0 aromatic heterocycles. The average Bonchev–Trinajstić information content (AvgIpc) is 2.51. The van der Waals surface area contributed by atoms with Crippen molar-refractivity contribution in [2.75, 3.05) is 11.9 Å². The lowest BCUT2D eigenvalue weighted by Gasteiger charge is -2.05. The lowest BCUT2D eigenvalue weighted by molar-refractivity contribution is 0.104. The fraction of sp³-hybridized carbons (Fsp3) is 0.211.